The van der Waals surface area contributed by atoms with Crippen molar-refractivity contribution in [2.45, 2.75) is 61.4 Å². The van der Waals surface area contributed by atoms with E-state index in [1.165, 1.54) is 30.3 Å². The number of fused-ring (bicyclic) bond motifs is 1. The van der Waals surface area contributed by atoms with E-state index in [2.05, 4.69) is 0 Å². The van der Waals surface area contributed by atoms with Crippen molar-refractivity contribution in [2.24, 2.45) is 0 Å². The number of aliphatic hydroxyl groups excluding tert-OH is 6. The normalized spacial score (nSPS) is 32.9. The van der Waals surface area contributed by atoms with Crippen molar-refractivity contribution in [1.82, 2.24) is 0 Å². The van der Waals surface area contributed by atoms with E-state index in [4.69, 9.17) is 23.4 Å². The number of carbonyl (C=O) groups is 1. The van der Waals surface area contributed by atoms with Crippen molar-refractivity contribution in [3.05, 3.63) is 52.7 Å². The fraction of sp³-hybridized carbons (Fsp3) is 0.407. The summed E-state index contributed by atoms with van der Waals surface area (Å²) in [5, 5.41) is 90.3. The van der Waals surface area contributed by atoms with Crippen LogP contribution < -0.4 is 10.2 Å². The Kier molecular flexibility index (Phi) is 8.57. The topological polar surface area (TPSA) is 266 Å². The molecule has 43 heavy (non-hydrogen) atoms. The van der Waals surface area contributed by atoms with Gasteiger partial charge in [0.15, 0.2) is 17.8 Å². The third-order valence-corrected chi connectivity index (χ3v) is 7.09. The van der Waals surface area contributed by atoms with Gasteiger partial charge in [0.2, 0.25) is 6.29 Å². The van der Waals surface area contributed by atoms with Gasteiger partial charge in [-0.25, -0.2) is 4.79 Å². The highest BCUT2D eigenvalue weighted by Crippen LogP contribution is 2.34. The van der Waals surface area contributed by atoms with E-state index in [0.717, 1.165) is 12.1 Å². The number of carboxylic acids is 1. The monoisotopic (exact) mass is 608 g/mol. The molecule has 10 unspecified atom stereocenters. The van der Waals surface area contributed by atoms with Crippen molar-refractivity contribution in [3.8, 4) is 28.6 Å². The van der Waals surface area contributed by atoms with E-state index in [-0.39, 0.29) is 28.2 Å². The molecule has 2 fully saturated rings. The van der Waals surface area contributed by atoms with Crippen LogP contribution in [0.15, 0.2) is 51.7 Å². The number of aliphatic hydroxyl groups is 6. The fourth-order valence-corrected chi connectivity index (χ4v) is 4.74. The molecular weight excluding hydrogens is 580 g/mol. The summed E-state index contributed by atoms with van der Waals surface area (Å²) < 4.78 is 27.2. The van der Waals surface area contributed by atoms with Crippen LogP contribution in [0.1, 0.15) is 0 Å². The summed E-state index contributed by atoms with van der Waals surface area (Å²) in [6.07, 6.45) is -18.2. The predicted octanol–water partition coefficient (Wildman–Crippen LogP) is -2.03. The van der Waals surface area contributed by atoms with E-state index in [1.807, 2.05) is 0 Å². The lowest BCUT2D eigenvalue weighted by molar-refractivity contribution is -0.318. The zero-order valence-corrected chi connectivity index (χ0v) is 21.9. The molecule has 5 rings (SSSR count). The Bertz CT molecular complexity index is 1520. The van der Waals surface area contributed by atoms with Crippen LogP contribution in [0.2, 0.25) is 0 Å². The second kappa shape index (κ2) is 12.0. The molecule has 10 atom stereocenters. The van der Waals surface area contributed by atoms with Crippen molar-refractivity contribution in [2.75, 3.05) is 6.61 Å². The molecule has 16 heteroatoms. The molecular formula is C27H28O16. The van der Waals surface area contributed by atoms with Gasteiger partial charge in [0.1, 0.15) is 76.7 Å². The van der Waals surface area contributed by atoms with Crippen LogP contribution in [0.4, 0.5) is 0 Å². The van der Waals surface area contributed by atoms with Crippen LogP contribution in [0.25, 0.3) is 22.3 Å². The minimum atomic E-state index is -1.96. The van der Waals surface area contributed by atoms with E-state index in [1.54, 1.807) is 0 Å². The lowest BCUT2D eigenvalue weighted by Crippen LogP contribution is -2.62. The van der Waals surface area contributed by atoms with Crippen molar-refractivity contribution in [1.29, 1.82) is 0 Å². The average molecular weight is 609 g/mol. The molecule has 2 aliphatic heterocycles. The highest BCUT2D eigenvalue weighted by atomic mass is 16.7. The maximum absolute atomic E-state index is 12.7. The van der Waals surface area contributed by atoms with E-state index in [9.17, 15) is 55.5 Å². The lowest BCUT2D eigenvalue weighted by atomic mass is 9.98. The Morgan fingerprint density at radius 1 is 0.791 bits per heavy atom. The summed E-state index contributed by atoms with van der Waals surface area (Å²) in [5.74, 6) is -2.27. The van der Waals surface area contributed by atoms with Crippen LogP contribution in [-0.2, 0) is 19.0 Å². The second-order valence-corrected chi connectivity index (χ2v) is 10.0. The highest BCUT2D eigenvalue weighted by molar-refractivity contribution is 5.86. The molecule has 16 nitrogen and oxygen atoms in total. The van der Waals surface area contributed by atoms with Gasteiger partial charge < -0.3 is 69.3 Å². The minimum Gasteiger partial charge on any atom is -0.508 e. The van der Waals surface area contributed by atoms with Gasteiger partial charge in [-0.3, -0.25) is 4.79 Å². The second-order valence-electron chi connectivity index (χ2n) is 10.0. The number of hydrogen-bond acceptors (Lipinski definition) is 15. The van der Waals surface area contributed by atoms with E-state index < -0.39 is 85.2 Å². The molecule has 0 bridgehead atoms. The summed E-state index contributed by atoms with van der Waals surface area (Å²) in [4.78, 5) is 24.0. The molecule has 0 amide bonds. The van der Waals surface area contributed by atoms with Crippen LogP contribution in [0.3, 0.4) is 0 Å². The minimum absolute atomic E-state index is 0.00874. The largest absolute Gasteiger partial charge is 0.508 e. The van der Waals surface area contributed by atoms with E-state index >= 15 is 0 Å². The van der Waals surface area contributed by atoms with Crippen LogP contribution >= 0.6 is 0 Å². The number of phenols is 2. The number of hydrogen-bond donors (Lipinski definition) is 9. The molecule has 232 valence electrons. The fourth-order valence-electron chi connectivity index (χ4n) is 4.74. The van der Waals surface area contributed by atoms with Gasteiger partial charge in [0.25, 0.3) is 0 Å². The SMILES string of the molecule is O=C(O)C1OC(OCC2OC(Oc3cc(O)c4c(=O)cc(-c5ccc(O)cc5)oc4c3)C(O)C(O)C2O)C(O)C(O)C1O. The summed E-state index contributed by atoms with van der Waals surface area (Å²) in [6.45, 7) is -0.685. The Balaban J connectivity index is 1.35. The van der Waals surface area contributed by atoms with Crippen LogP contribution in [0, 0.1) is 0 Å². The third-order valence-electron chi connectivity index (χ3n) is 7.09. The molecule has 2 aliphatic rings. The Morgan fingerprint density at radius 3 is 2.12 bits per heavy atom. The molecule has 1 aromatic heterocycles. The zero-order valence-electron chi connectivity index (χ0n) is 21.9. The molecule has 0 saturated carbocycles. The number of ether oxygens (including phenoxy) is 4. The number of phenolic OH excluding ortho intramolecular Hbond substituents is 2. The molecule has 0 radical (unpaired) electrons. The first-order chi connectivity index (χ1) is 20.3. The third kappa shape index (κ3) is 6.00. The number of aliphatic carboxylic acids is 1. The van der Waals surface area contributed by atoms with Gasteiger partial charge in [0.05, 0.1) is 6.61 Å². The first kappa shape index (κ1) is 30.6. The van der Waals surface area contributed by atoms with Crippen molar-refractivity contribution in [3.63, 3.8) is 0 Å². The van der Waals surface area contributed by atoms with Gasteiger partial charge in [-0.2, -0.15) is 0 Å². The lowest BCUT2D eigenvalue weighted by Gasteiger charge is -2.42. The maximum atomic E-state index is 12.7. The molecule has 2 aromatic carbocycles. The van der Waals surface area contributed by atoms with Crippen LogP contribution in [0.5, 0.6) is 17.2 Å². The Hall–Kier alpha value is -3.84. The summed E-state index contributed by atoms with van der Waals surface area (Å²) in [5.41, 5.74) is -0.265. The van der Waals surface area contributed by atoms with Gasteiger partial charge in [-0.05, 0) is 24.3 Å². The van der Waals surface area contributed by atoms with Gasteiger partial charge in [-0.15, -0.1) is 0 Å². The van der Waals surface area contributed by atoms with Crippen molar-refractivity contribution >= 4 is 16.9 Å². The number of aromatic hydroxyl groups is 2. The molecule has 2 saturated heterocycles. The maximum Gasteiger partial charge on any atom is 0.335 e. The average Bonchev–Trinajstić information content (AvgIpc) is 2.96. The predicted molar refractivity (Wildman–Crippen MR) is 139 cm³/mol. The number of benzene rings is 2. The van der Waals surface area contributed by atoms with Crippen molar-refractivity contribution < 1.29 is 74.1 Å². The Morgan fingerprint density at radius 2 is 1.44 bits per heavy atom. The zero-order chi connectivity index (χ0) is 31.2. The van der Waals surface area contributed by atoms with E-state index in [0.29, 0.717) is 5.56 Å². The number of rotatable bonds is 7. The standard InChI is InChI=1S/C27H28O16/c28-10-3-1-9(2-4-10)14-7-13(30)17-12(29)5-11(6-15(17)41-14)40-27-23(36)19(32)18(31)16(42-27)8-39-26-22(35)20(33)21(34)24(43-26)25(37)38/h1-7,16,18-24,26-29,31-36H,8H2,(H,37,38). The first-order valence-electron chi connectivity index (χ1n) is 12.9. The van der Waals surface area contributed by atoms with Gasteiger partial charge >= 0.3 is 5.97 Å². The summed E-state index contributed by atoms with van der Waals surface area (Å²) in [6, 6.07) is 9.17. The summed E-state index contributed by atoms with van der Waals surface area (Å²) >= 11 is 0. The van der Waals surface area contributed by atoms with Gasteiger partial charge in [0, 0.05) is 23.8 Å². The molecule has 9 N–H and O–H groups in total. The molecule has 3 heterocycles. The quantitative estimate of drug-likeness (QED) is 0.140. The molecule has 0 spiro atoms. The number of carboxylic acid groups (broad SMARTS) is 1. The first-order valence-corrected chi connectivity index (χ1v) is 12.9. The Labute approximate surface area is 240 Å². The van der Waals surface area contributed by atoms with Crippen LogP contribution in [-0.4, -0.2) is 120 Å². The molecule has 0 aliphatic carbocycles. The summed E-state index contributed by atoms with van der Waals surface area (Å²) in [7, 11) is 0. The smallest absolute Gasteiger partial charge is 0.335 e. The molecule has 3 aromatic rings. The highest BCUT2D eigenvalue weighted by Gasteiger charge is 2.49. The van der Waals surface area contributed by atoms with Gasteiger partial charge in [-0.1, -0.05) is 0 Å².